The molecule has 0 spiro atoms. The number of carbonyl (C=O) groups is 1. The van der Waals surface area contributed by atoms with Crippen LogP contribution < -0.4 is 4.72 Å². The van der Waals surface area contributed by atoms with Crippen LogP contribution in [0.3, 0.4) is 0 Å². The van der Waals surface area contributed by atoms with E-state index in [-0.39, 0.29) is 23.0 Å². The van der Waals surface area contributed by atoms with Gasteiger partial charge in [0.2, 0.25) is 0 Å². The van der Waals surface area contributed by atoms with E-state index in [9.17, 15) is 13.2 Å². The van der Waals surface area contributed by atoms with E-state index in [4.69, 9.17) is 5.11 Å². The highest BCUT2D eigenvalue weighted by atomic mass is 32.2. The smallest absolute Gasteiger partial charge is 0.337 e. The number of rotatable bonds is 5. The third-order valence-corrected chi connectivity index (χ3v) is 3.38. The lowest BCUT2D eigenvalue weighted by molar-refractivity contribution is 0.0696. The molecule has 2 rings (SSSR count). The van der Waals surface area contributed by atoms with Crippen molar-refractivity contribution >= 4 is 16.0 Å². The maximum Gasteiger partial charge on any atom is 0.337 e. The highest BCUT2D eigenvalue weighted by Gasteiger charge is 2.17. The number of H-pyrrole nitrogens is 1. The Bertz CT molecular complexity index is 666. The van der Waals surface area contributed by atoms with Crippen LogP contribution in [0.4, 0.5) is 0 Å². The molecule has 10 nitrogen and oxygen atoms in total. The Kier molecular flexibility index (Phi) is 3.48. The van der Waals surface area contributed by atoms with Crippen LogP contribution in [-0.4, -0.2) is 45.1 Å². The van der Waals surface area contributed by atoms with Crippen molar-refractivity contribution in [3.63, 3.8) is 0 Å². The van der Waals surface area contributed by atoms with Crippen LogP contribution in [-0.2, 0) is 16.6 Å². The summed E-state index contributed by atoms with van der Waals surface area (Å²) in [5.41, 5.74) is -0.0999. The van der Waals surface area contributed by atoms with Gasteiger partial charge in [0.1, 0.15) is 0 Å². The van der Waals surface area contributed by atoms with Crippen molar-refractivity contribution in [3.05, 3.63) is 29.7 Å². The molecule has 0 aromatic carbocycles. The van der Waals surface area contributed by atoms with Crippen LogP contribution >= 0.6 is 0 Å². The van der Waals surface area contributed by atoms with Crippen molar-refractivity contribution in [2.75, 3.05) is 0 Å². The number of aromatic amines is 1. The van der Waals surface area contributed by atoms with Gasteiger partial charge in [0.15, 0.2) is 10.9 Å². The second-order valence-corrected chi connectivity index (χ2v) is 5.06. The van der Waals surface area contributed by atoms with E-state index in [1.807, 2.05) is 0 Å². The van der Waals surface area contributed by atoms with Crippen molar-refractivity contribution in [1.29, 1.82) is 0 Å². The fourth-order valence-electron chi connectivity index (χ4n) is 1.16. The lowest BCUT2D eigenvalue weighted by atomic mass is 10.3. The van der Waals surface area contributed by atoms with Gasteiger partial charge in [-0.05, 0) is 12.1 Å². The molecule has 0 amide bonds. The number of sulfonamides is 1. The first-order chi connectivity index (χ1) is 8.99. The van der Waals surface area contributed by atoms with Gasteiger partial charge in [-0.25, -0.2) is 22.9 Å². The maximum absolute atomic E-state index is 11.8. The molecule has 2 aromatic heterocycles. The standard InChI is InChI=1S/C8H8N6O4S/c15-8(16)5-1-2-7(9-3-5)19(17,18)10-4-6-11-13-14-12-6/h1-3,10H,4H2,(H,15,16)(H,11,12,13,14). The minimum absolute atomic E-state index is 0.0999. The Morgan fingerprint density at radius 2 is 2.21 bits per heavy atom. The number of tetrazole rings is 1. The summed E-state index contributed by atoms with van der Waals surface area (Å²) < 4.78 is 25.8. The Morgan fingerprint density at radius 1 is 1.42 bits per heavy atom. The molecule has 3 N–H and O–H groups in total. The van der Waals surface area contributed by atoms with Crippen LogP contribution in [0.15, 0.2) is 23.4 Å². The lowest BCUT2D eigenvalue weighted by Gasteiger charge is -2.03. The molecule has 0 atom stereocenters. The zero-order chi connectivity index (χ0) is 13.9. The van der Waals surface area contributed by atoms with Gasteiger partial charge in [0.25, 0.3) is 10.0 Å². The summed E-state index contributed by atoms with van der Waals surface area (Å²) >= 11 is 0. The Balaban J connectivity index is 2.13. The normalized spacial score (nSPS) is 11.4. The van der Waals surface area contributed by atoms with Gasteiger partial charge < -0.3 is 5.11 Å². The molecule has 100 valence electrons. The van der Waals surface area contributed by atoms with Gasteiger partial charge in [-0.1, -0.05) is 5.21 Å². The molecule has 0 unspecified atom stereocenters. The Hall–Kier alpha value is -2.40. The monoisotopic (exact) mass is 284 g/mol. The van der Waals surface area contributed by atoms with E-state index in [1.165, 1.54) is 0 Å². The number of nitrogens with zero attached hydrogens (tertiary/aromatic N) is 4. The number of pyridine rings is 1. The minimum atomic E-state index is -3.85. The summed E-state index contributed by atoms with van der Waals surface area (Å²) in [7, 11) is -3.85. The largest absolute Gasteiger partial charge is 0.478 e. The number of carboxylic acid groups (broad SMARTS) is 1. The van der Waals surface area contributed by atoms with Crippen molar-refractivity contribution in [2.24, 2.45) is 0 Å². The first-order valence-corrected chi connectivity index (χ1v) is 6.39. The maximum atomic E-state index is 11.8. The third-order valence-electron chi connectivity index (χ3n) is 2.07. The van der Waals surface area contributed by atoms with Crippen LogP contribution in [0.2, 0.25) is 0 Å². The number of nitrogens with one attached hydrogen (secondary N) is 2. The molecule has 0 aliphatic rings. The average Bonchev–Trinajstić information content (AvgIpc) is 2.90. The van der Waals surface area contributed by atoms with Gasteiger partial charge in [0, 0.05) is 6.20 Å². The molecule has 19 heavy (non-hydrogen) atoms. The summed E-state index contributed by atoms with van der Waals surface area (Å²) in [6.07, 6.45) is 0.964. The number of carboxylic acids is 1. The summed E-state index contributed by atoms with van der Waals surface area (Å²) in [5.74, 6) is -1.01. The minimum Gasteiger partial charge on any atom is -0.478 e. The van der Waals surface area contributed by atoms with Gasteiger partial charge in [-0.3, -0.25) is 0 Å². The van der Waals surface area contributed by atoms with E-state index in [0.29, 0.717) is 0 Å². The van der Waals surface area contributed by atoms with Crippen molar-refractivity contribution in [1.82, 2.24) is 30.3 Å². The molecule has 0 aliphatic carbocycles. The highest BCUT2D eigenvalue weighted by Crippen LogP contribution is 2.07. The number of aromatic nitrogens is 5. The van der Waals surface area contributed by atoms with Crippen molar-refractivity contribution in [2.45, 2.75) is 11.6 Å². The SMILES string of the molecule is O=C(O)c1ccc(S(=O)(=O)NCc2nn[nH]n2)nc1. The van der Waals surface area contributed by atoms with Crippen LogP contribution in [0.25, 0.3) is 0 Å². The van der Waals surface area contributed by atoms with Crippen LogP contribution in [0.5, 0.6) is 0 Å². The molecule has 0 bridgehead atoms. The lowest BCUT2D eigenvalue weighted by Crippen LogP contribution is -2.24. The molecular formula is C8H8N6O4S. The fraction of sp³-hybridized carbons (Fsp3) is 0.125. The van der Waals surface area contributed by atoms with E-state index in [2.05, 4.69) is 30.3 Å². The highest BCUT2D eigenvalue weighted by molar-refractivity contribution is 7.89. The molecule has 0 saturated carbocycles. The first-order valence-electron chi connectivity index (χ1n) is 4.90. The molecule has 0 saturated heterocycles. The van der Waals surface area contributed by atoms with Crippen LogP contribution in [0.1, 0.15) is 16.2 Å². The van der Waals surface area contributed by atoms with Crippen molar-refractivity contribution in [3.8, 4) is 0 Å². The molecule has 0 radical (unpaired) electrons. The van der Waals surface area contributed by atoms with E-state index >= 15 is 0 Å². The molecule has 0 fully saturated rings. The molecule has 2 aromatic rings. The number of aromatic carboxylic acids is 1. The second-order valence-electron chi connectivity index (χ2n) is 3.34. The Morgan fingerprint density at radius 3 is 2.74 bits per heavy atom. The zero-order valence-electron chi connectivity index (χ0n) is 9.31. The summed E-state index contributed by atoms with van der Waals surface area (Å²) in [6, 6.07) is 2.25. The zero-order valence-corrected chi connectivity index (χ0v) is 10.1. The predicted octanol–water partition coefficient (Wildman–Crippen LogP) is -1.23. The predicted molar refractivity (Wildman–Crippen MR) is 59.4 cm³/mol. The Labute approximate surface area is 106 Å². The van der Waals surface area contributed by atoms with Gasteiger partial charge in [0.05, 0.1) is 12.1 Å². The molecule has 0 aliphatic heterocycles. The van der Waals surface area contributed by atoms with Gasteiger partial charge in [-0.2, -0.15) is 5.21 Å². The average molecular weight is 284 g/mol. The van der Waals surface area contributed by atoms with E-state index in [0.717, 1.165) is 18.3 Å². The summed E-state index contributed by atoms with van der Waals surface area (Å²) in [4.78, 5) is 14.2. The van der Waals surface area contributed by atoms with Crippen molar-refractivity contribution < 1.29 is 18.3 Å². The van der Waals surface area contributed by atoms with Crippen LogP contribution in [0, 0.1) is 0 Å². The summed E-state index contributed by atoms with van der Waals surface area (Å²) in [6.45, 7) is -0.152. The number of hydrogen-bond acceptors (Lipinski definition) is 7. The first kappa shape index (κ1) is 13.0. The molecule has 2 heterocycles. The van der Waals surface area contributed by atoms with E-state index < -0.39 is 16.0 Å². The van der Waals surface area contributed by atoms with Gasteiger partial charge >= 0.3 is 5.97 Å². The second kappa shape index (κ2) is 5.07. The molecule has 11 heteroatoms. The number of hydrogen-bond donors (Lipinski definition) is 3. The third kappa shape index (κ3) is 3.08. The summed E-state index contributed by atoms with van der Waals surface area (Å²) in [5, 5.41) is 21.0. The molecular weight excluding hydrogens is 276 g/mol. The quantitative estimate of drug-likeness (QED) is 0.617. The van der Waals surface area contributed by atoms with E-state index in [1.54, 1.807) is 0 Å². The van der Waals surface area contributed by atoms with Gasteiger partial charge in [-0.15, -0.1) is 10.2 Å². The fourth-order valence-corrected chi connectivity index (χ4v) is 2.06. The topological polar surface area (TPSA) is 151 Å².